The van der Waals surface area contributed by atoms with E-state index in [-0.39, 0.29) is 17.5 Å². The third kappa shape index (κ3) is 3.84. The molecule has 1 aromatic carbocycles. The molecule has 1 saturated heterocycles. The molecule has 6 nitrogen and oxygen atoms in total. The van der Waals surface area contributed by atoms with E-state index in [0.29, 0.717) is 25.2 Å². The first-order valence-electron chi connectivity index (χ1n) is 6.55. The van der Waals surface area contributed by atoms with E-state index in [4.69, 9.17) is 0 Å². The lowest BCUT2D eigenvalue weighted by atomic mass is 10.1. The maximum absolute atomic E-state index is 11.4. The average molecular weight is 300 g/mol. The Morgan fingerprint density at radius 3 is 2.50 bits per heavy atom. The fraction of sp³-hybridized carbons (Fsp3) is 0.538. The summed E-state index contributed by atoms with van der Waals surface area (Å²) in [5.74, 6) is 0.0961. The fourth-order valence-electron chi connectivity index (χ4n) is 2.35. The van der Waals surface area contributed by atoms with Crippen molar-refractivity contribution in [2.24, 2.45) is 0 Å². The molecule has 1 aliphatic heterocycles. The second-order valence-electron chi connectivity index (χ2n) is 5.13. The number of phenols is 2. The highest BCUT2D eigenvalue weighted by Crippen LogP contribution is 2.23. The second-order valence-corrected chi connectivity index (χ2v) is 7.11. The Labute approximate surface area is 119 Å². The number of aromatic hydroxyl groups is 2. The Balaban J connectivity index is 1.84. The third-order valence-electron chi connectivity index (χ3n) is 3.57. The van der Waals surface area contributed by atoms with Gasteiger partial charge in [-0.1, -0.05) is 6.07 Å². The Bertz CT molecular complexity index is 566. The number of hydrogen-bond donors (Lipinski definition) is 3. The van der Waals surface area contributed by atoms with Gasteiger partial charge in [0.1, 0.15) is 11.5 Å². The number of nitrogens with one attached hydrogen (secondary N) is 1. The summed E-state index contributed by atoms with van der Waals surface area (Å²) in [5.41, 5.74) is 0.716. The van der Waals surface area contributed by atoms with Crippen LogP contribution in [0.1, 0.15) is 18.4 Å². The summed E-state index contributed by atoms with van der Waals surface area (Å²) < 4.78 is 24.3. The second kappa shape index (κ2) is 5.99. The van der Waals surface area contributed by atoms with Crippen molar-refractivity contribution in [2.45, 2.75) is 25.4 Å². The molecule has 0 amide bonds. The Morgan fingerprint density at radius 1 is 1.30 bits per heavy atom. The quantitative estimate of drug-likeness (QED) is 0.758. The monoisotopic (exact) mass is 300 g/mol. The van der Waals surface area contributed by atoms with Gasteiger partial charge < -0.3 is 15.5 Å². The fourth-order valence-corrected chi connectivity index (χ4v) is 3.22. The number of sulfonamides is 1. The molecule has 0 aliphatic carbocycles. The van der Waals surface area contributed by atoms with Crippen LogP contribution in [0.2, 0.25) is 0 Å². The molecule has 0 bridgehead atoms. The zero-order valence-corrected chi connectivity index (χ0v) is 12.2. The van der Waals surface area contributed by atoms with Crippen LogP contribution in [-0.4, -0.2) is 48.3 Å². The van der Waals surface area contributed by atoms with Crippen LogP contribution in [0.25, 0.3) is 0 Å². The lowest BCUT2D eigenvalue weighted by Gasteiger charge is -2.30. The van der Waals surface area contributed by atoms with Gasteiger partial charge >= 0.3 is 0 Å². The zero-order chi connectivity index (χ0) is 14.8. The molecule has 20 heavy (non-hydrogen) atoms. The molecule has 0 saturated carbocycles. The number of rotatable bonds is 4. The van der Waals surface area contributed by atoms with Gasteiger partial charge in [0.05, 0.1) is 6.26 Å². The van der Waals surface area contributed by atoms with Crippen molar-refractivity contribution in [1.82, 2.24) is 9.62 Å². The van der Waals surface area contributed by atoms with E-state index in [2.05, 4.69) is 5.32 Å². The smallest absolute Gasteiger partial charge is 0.211 e. The highest BCUT2D eigenvalue weighted by Gasteiger charge is 2.24. The molecular formula is C13H20N2O4S. The van der Waals surface area contributed by atoms with E-state index in [0.717, 1.165) is 12.8 Å². The first kappa shape index (κ1) is 15.1. The van der Waals surface area contributed by atoms with Gasteiger partial charge in [-0.05, 0) is 18.9 Å². The van der Waals surface area contributed by atoms with Gasteiger partial charge in [-0.15, -0.1) is 0 Å². The SMILES string of the molecule is CS(=O)(=O)N1CCC(NCc2ccc(O)cc2O)CC1. The molecule has 0 aromatic heterocycles. The van der Waals surface area contributed by atoms with Crippen LogP contribution in [0.3, 0.4) is 0 Å². The lowest BCUT2D eigenvalue weighted by molar-refractivity contribution is 0.289. The van der Waals surface area contributed by atoms with Crippen LogP contribution in [0.15, 0.2) is 18.2 Å². The molecule has 112 valence electrons. The molecule has 1 heterocycles. The molecule has 1 fully saturated rings. The van der Waals surface area contributed by atoms with E-state index in [1.807, 2.05) is 0 Å². The van der Waals surface area contributed by atoms with Gasteiger partial charge in [0, 0.05) is 37.3 Å². The van der Waals surface area contributed by atoms with Gasteiger partial charge in [0.2, 0.25) is 10.0 Å². The molecule has 0 radical (unpaired) electrons. The lowest BCUT2D eigenvalue weighted by Crippen LogP contribution is -2.44. The topological polar surface area (TPSA) is 89.9 Å². The summed E-state index contributed by atoms with van der Waals surface area (Å²) in [5, 5.41) is 22.2. The predicted octanol–water partition coefficient (Wildman–Crippen LogP) is 0.611. The summed E-state index contributed by atoms with van der Waals surface area (Å²) in [6.07, 6.45) is 2.74. The maximum Gasteiger partial charge on any atom is 0.211 e. The Morgan fingerprint density at radius 2 is 1.95 bits per heavy atom. The minimum Gasteiger partial charge on any atom is -0.508 e. The maximum atomic E-state index is 11.4. The Kier molecular flexibility index (Phi) is 4.52. The molecule has 2 rings (SSSR count). The van der Waals surface area contributed by atoms with Gasteiger partial charge in [0.15, 0.2) is 0 Å². The third-order valence-corrected chi connectivity index (χ3v) is 4.88. The van der Waals surface area contributed by atoms with E-state index >= 15 is 0 Å². The first-order valence-corrected chi connectivity index (χ1v) is 8.40. The van der Waals surface area contributed by atoms with Gasteiger partial charge in [0.25, 0.3) is 0 Å². The number of piperidine rings is 1. The van der Waals surface area contributed by atoms with Crippen molar-refractivity contribution in [3.63, 3.8) is 0 Å². The van der Waals surface area contributed by atoms with Crippen molar-refractivity contribution < 1.29 is 18.6 Å². The van der Waals surface area contributed by atoms with Crippen LogP contribution in [0.4, 0.5) is 0 Å². The average Bonchev–Trinajstić information content (AvgIpc) is 2.37. The van der Waals surface area contributed by atoms with Crippen LogP contribution in [-0.2, 0) is 16.6 Å². The highest BCUT2D eigenvalue weighted by atomic mass is 32.2. The molecule has 0 unspecified atom stereocenters. The van der Waals surface area contributed by atoms with Crippen LogP contribution in [0, 0.1) is 0 Å². The highest BCUT2D eigenvalue weighted by molar-refractivity contribution is 7.88. The number of hydrogen-bond acceptors (Lipinski definition) is 5. The van der Waals surface area contributed by atoms with Crippen LogP contribution < -0.4 is 5.32 Å². The molecule has 3 N–H and O–H groups in total. The zero-order valence-electron chi connectivity index (χ0n) is 11.4. The van der Waals surface area contributed by atoms with E-state index in [1.54, 1.807) is 6.07 Å². The van der Waals surface area contributed by atoms with Crippen molar-refractivity contribution in [3.8, 4) is 11.5 Å². The molecule has 1 aliphatic rings. The summed E-state index contributed by atoms with van der Waals surface area (Å²) in [6.45, 7) is 1.55. The van der Waals surface area contributed by atoms with Crippen LogP contribution in [0.5, 0.6) is 11.5 Å². The van der Waals surface area contributed by atoms with Crippen molar-refractivity contribution >= 4 is 10.0 Å². The molecule has 1 aromatic rings. The summed E-state index contributed by atoms with van der Waals surface area (Å²) in [6, 6.07) is 4.75. The predicted molar refractivity (Wildman–Crippen MR) is 76.1 cm³/mol. The molecular weight excluding hydrogens is 280 g/mol. The Hall–Kier alpha value is -1.31. The largest absolute Gasteiger partial charge is 0.508 e. The minimum absolute atomic E-state index is 0.0349. The summed E-state index contributed by atoms with van der Waals surface area (Å²) in [4.78, 5) is 0. The van der Waals surface area contributed by atoms with Crippen molar-refractivity contribution in [1.29, 1.82) is 0 Å². The van der Waals surface area contributed by atoms with E-state index in [1.165, 1.54) is 22.7 Å². The normalized spacial score (nSPS) is 18.2. The summed E-state index contributed by atoms with van der Waals surface area (Å²) in [7, 11) is -3.09. The first-order chi connectivity index (χ1) is 9.36. The number of nitrogens with zero attached hydrogens (tertiary/aromatic N) is 1. The van der Waals surface area contributed by atoms with Gasteiger partial charge in [-0.3, -0.25) is 0 Å². The van der Waals surface area contributed by atoms with Gasteiger partial charge in [-0.25, -0.2) is 12.7 Å². The van der Waals surface area contributed by atoms with E-state index < -0.39 is 10.0 Å². The number of benzene rings is 1. The number of phenolic OH excluding ortho intramolecular Hbond substituents is 2. The van der Waals surface area contributed by atoms with Crippen molar-refractivity contribution in [2.75, 3.05) is 19.3 Å². The van der Waals surface area contributed by atoms with Crippen molar-refractivity contribution in [3.05, 3.63) is 23.8 Å². The minimum atomic E-state index is -3.09. The van der Waals surface area contributed by atoms with E-state index in [9.17, 15) is 18.6 Å². The van der Waals surface area contributed by atoms with Crippen LogP contribution >= 0.6 is 0 Å². The standard InChI is InChI=1S/C13H20N2O4S/c1-20(18,19)15-6-4-11(5-7-15)14-9-10-2-3-12(16)8-13(10)17/h2-3,8,11,14,16-17H,4-7,9H2,1H3. The summed E-state index contributed by atoms with van der Waals surface area (Å²) >= 11 is 0. The molecule has 0 spiro atoms. The molecule has 0 atom stereocenters. The molecule has 7 heteroatoms. The van der Waals surface area contributed by atoms with Gasteiger partial charge in [-0.2, -0.15) is 0 Å².